The maximum absolute atomic E-state index is 11.1. The molecule has 0 bridgehead atoms. The number of nitrogens with one attached hydrogen (secondary N) is 1. The van der Waals surface area contributed by atoms with Crippen LogP contribution in [0.15, 0.2) is 24.3 Å². The van der Waals surface area contributed by atoms with Gasteiger partial charge in [0.1, 0.15) is 12.4 Å². The quantitative estimate of drug-likeness (QED) is 0.861. The van der Waals surface area contributed by atoms with E-state index >= 15 is 0 Å². The molecule has 0 aromatic heterocycles. The van der Waals surface area contributed by atoms with Crippen molar-refractivity contribution in [1.82, 2.24) is 4.72 Å². The van der Waals surface area contributed by atoms with Crippen molar-refractivity contribution in [2.45, 2.75) is 19.4 Å². The third kappa shape index (κ3) is 2.96. The van der Waals surface area contributed by atoms with E-state index in [1.165, 1.54) is 5.56 Å². The van der Waals surface area contributed by atoms with Gasteiger partial charge in [0, 0.05) is 0 Å². The Balaban J connectivity index is 1.87. The van der Waals surface area contributed by atoms with E-state index in [9.17, 15) is 8.42 Å². The van der Waals surface area contributed by atoms with Gasteiger partial charge in [0.15, 0.2) is 0 Å². The molecule has 5 heteroatoms. The summed E-state index contributed by atoms with van der Waals surface area (Å²) in [6, 6.07) is 7.62. The van der Waals surface area contributed by atoms with Crippen LogP contribution in [0.25, 0.3) is 0 Å². The molecule has 88 valence electrons. The fraction of sp³-hybridized carbons (Fsp3) is 0.455. The molecule has 1 heterocycles. The second-order valence-corrected chi connectivity index (χ2v) is 5.92. The van der Waals surface area contributed by atoms with Gasteiger partial charge >= 0.3 is 0 Å². The topological polar surface area (TPSA) is 55.4 Å². The Hall–Kier alpha value is -1.07. The highest BCUT2D eigenvalue weighted by Crippen LogP contribution is 2.14. The van der Waals surface area contributed by atoms with Crippen LogP contribution in [-0.4, -0.2) is 26.8 Å². The highest BCUT2D eigenvalue weighted by Gasteiger charge is 2.26. The highest BCUT2D eigenvalue weighted by atomic mass is 32.2. The molecular weight excluding hydrogens is 226 g/mol. The van der Waals surface area contributed by atoms with Crippen molar-refractivity contribution in [1.29, 1.82) is 0 Å². The molecule has 0 unspecified atom stereocenters. The molecule has 2 rings (SSSR count). The Kier molecular flexibility index (Phi) is 3.16. The molecule has 0 aliphatic carbocycles. The zero-order chi connectivity index (χ0) is 11.6. The van der Waals surface area contributed by atoms with Crippen LogP contribution >= 0.6 is 0 Å². The number of hydrogen-bond donors (Lipinski definition) is 1. The smallest absolute Gasteiger partial charge is 0.212 e. The molecule has 1 atom stereocenters. The van der Waals surface area contributed by atoms with E-state index < -0.39 is 10.0 Å². The lowest BCUT2D eigenvalue weighted by Crippen LogP contribution is -2.30. The number of aryl methyl sites for hydroxylation is 1. The largest absolute Gasteiger partial charge is 0.492 e. The zero-order valence-corrected chi connectivity index (χ0v) is 9.96. The monoisotopic (exact) mass is 241 g/mol. The molecule has 0 spiro atoms. The van der Waals surface area contributed by atoms with E-state index in [0.717, 1.165) is 5.75 Å². The Bertz CT molecular complexity index is 453. The number of sulfonamides is 1. The molecular formula is C11H15NO3S. The number of benzene rings is 1. The molecule has 1 fully saturated rings. The predicted molar refractivity (Wildman–Crippen MR) is 62.0 cm³/mol. The summed E-state index contributed by atoms with van der Waals surface area (Å²) in [5, 5.41) is 0. The van der Waals surface area contributed by atoms with E-state index in [-0.39, 0.29) is 11.8 Å². The van der Waals surface area contributed by atoms with Gasteiger partial charge in [-0.3, -0.25) is 0 Å². The lowest BCUT2D eigenvalue weighted by Gasteiger charge is -2.11. The lowest BCUT2D eigenvalue weighted by molar-refractivity contribution is 0.282. The van der Waals surface area contributed by atoms with Crippen molar-refractivity contribution in [3.63, 3.8) is 0 Å². The molecule has 0 saturated carbocycles. The molecule has 1 aromatic carbocycles. The third-order valence-corrected chi connectivity index (χ3v) is 4.02. The summed E-state index contributed by atoms with van der Waals surface area (Å²) in [5.74, 6) is 0.978. The van der Waals surface area contributed by atoms with Crippen molar-refractivity contribution in [3.05, 3.63) is 29.8 Å². The summed E-state index contributed by atoms with van der Waals surface area (Å²) >= 11 is 0. The van der Waals surface area contributed by atoms with Crippen molar-refractivity contribution >= 4 is 10.0 Å². The first-order valence-electron chi connectivity index (χ1n) is 5.25. The number of rotatable bonds is 3. The molecule has 16 heavy (non-hydrogen) atoms. The summed E-state index contributed by atoms with van der Waals surface area (Å²) in [7, 11) is -3.04. The van der Waals surface area contributed by atoms with Crippen LogP contribution in [0.5, 0.6) is 5.75 Å². The average molecular weight is 241 g/mol. The molecule has 1 aromatic rings. The van der Waals surface area contributed by atoms with Crippen molar-refractivity contribution in [3.8, 4) is 5.75 Å². The van der Waals surface area contributed by atoms with E-state index in [1.54, 1.807) is 0 Å². The minimum atomic E-state index is -3.04. The van der Waals surface area contributed by atoms with Crippen LogP contribution in [0, 0.1) is 6.92 Å². The summed E-state index contributed by atoms with van der Waals surface area (Å²) in [5.41, 5.74) is 1.17. The van der Waals surface area contributed by atoms with Crippen LogP contribution in [-0.2, 0) is 10.0 Å². The Morgan fingerprint density at radius 2 is 2.06 bits per heavy atom. The van der Waals surface area contributed by atoms with Crippen LogP contribution in [0.3, 0.4) is 0 Å². The zero-order valence-electron chi connectivity index (χ0n) is 9.14. The minimum Gasteiger partial charge on any atom is -0.492 e. The van der Waals surface area contributed by atoms with Crippen molar-refractivity contribution in [2.24, 2.45) is 0 Å². The first-order chi connectivity index (χ1) is 7.55. The predicted octanol–water partition coefficient (Wildman–Crippen LogP) is 1.07. The summed E-state index contributed by atoms with van der Waals surface area (Å²) < 4.78 is 30.3. The number of hydrogen-bond acceptors (Lipinski definition) is 3. The molecule has 1 N–H and O–H groups in total. The average Bonchev–Trinajstić information content (AvgIpc) is 2.58. The van der Waals surface area contributed by atoms with E-state index in [0.29, 0.717) is 13.0 Å². The van der Waals surface area contributed by atoms with E-state index in [4.69, 9.17) is 4.74 Å². The van der Waals surface area contributed by atoms with Crippen LogP contribution in [0.4, 0.5) is 0 Å². The molecule has 0 amide bonds. The summed E-state index contributed by atoms with van der Waals surface area (Å²) in [4.78, 5) is 0. The second-order valence-electron chi connectivity index (χ2n) is 4.05. The van der Waals surface area contributed by atoms with Crippen LogP contribution < -0.4 is 9.46 Å². The first kappa shape index (κ1) is 11.4. The fourth-order valence-electron chi connectivity index (χ4n) is 1.62. The molecule has 1 aliphatic rings. The fourth-order valence-corrected chi connectivity index (χ4v) is 3.02. The third-order valence-electron chi connectivity index (χ3n) is 2.55. The molecule has 4 nitrogen and oxygen atoms in total. The van der Waals surface area contributed by atoms with Gasteiger partial charge in [0.25, 0.3) is 0 Å². The lowest BCUT2D eigenvalue weighted by atomic mass is 10.2. The Morgan fingerprint density at radius 3 is 2.62 bits per heavy atom. The normalized spacial score (nSPS) is 23.2. The van der Waals surface area contributed by atoms with Crippen molar-refractivity contribution < 1.29 is 13.2 Å². The SMILES string of the molecule is Cc1ccc(OC[C@H]2CCS(=O)(=O)N2)cc1. The van der Waals surface area contributed by atoms with Gasteiger partial charge in [-0.25, -0.2) is 13.1 Å². The number of ether oxygens (including phenoxy) is 1. The van der Waals surface area contributed by atoms with Gasteiger partial charge in [0.05, 0.1) is 11.8 Å². The van der Waals surface area contributed by atoms with Crippen molar-refractivity contribution in [2.75, 3.05) is 12.4 Å². The molecule has 1 aliphatic heterocycles. The maximum Gasteiger partial charge on any atom is 0.212 e. The summed E-state index contributed by atoms with van der Waals surface area (Å²) in [6.07, 6.45) is 0.619. The van der Waals surface area contributed by atoms with Crippen LogP contribution in [0.2, 0.25) is 0 Å². The highest BCUT2D eigenvalue weighted by molar-refractivity contribution is 7.89. The van der Waals surface area contributed by atoms with Gasteiger partial charge in [-0.15, -0.1) is 0 Å². The van der Waals surface area contributed by atoms with Crippen LogP contribution in [0.1, 0.15) is 12.0 Å². The standard InChI is InChI=1S/C11H15NO3S/c1-9-2-4-11(5-3-9)15-8-10-6-7-16(13,14)12-10/h2-5,10,12H,6-8H2,1H3/t10-/m1/s1. The van der Waals surface area contributed by atoms with Gasteiger partial charge in [-0.2, -0.15) is 0 Å². The Labute approximate surface area is 95.7 Å². The maximum atomic E-state index is 11.1. The summed E-state index contributed by atoms with van der Waals surface area (Å²) in [6.45, 7) is 2.40. The minimum absolute atomic E-state index is 0.0914. The Morgan fingerprint density at radius 1 is 1.38 bits per heavy atom. The van der Waals surface area contributed by atoms with E-state index in [2.05, 4.69) is 4.72 Å². The molecule has 0 radical (unpaired) electrons. The van der Waals surface area contributed by atoms with Gasteiger partial charge in [0.2, 0.25) is 10.0 Å². The van der Waals surface area contributed by atoms with E-state index in [1.807, 2.05) is 31.2 Å². The second kappa shape index (κ2) is 4.43. The molecule has 1 saturated heterocycles. The van der Waals surface area contributed by atoms with Gasteiger partial charge in [-0.1, -0.05) is 17.7 Å². The first-order valence-corrected chi connectivity index (χ1v) is 6.90. The van der Waals surface area contributed by atoms with Gasteiger partial charge in [-0.05, 0) is 25.5 Å². The van der Waals surface area contributed by atoms with Gasteiger partial charge < -0.3 is 4.74 Å².